The molecule has 0 aliphatic carbocycles. The van der Waals surface area contributed by atoms with E-state index in [4.69, 9.17) is 4.74 Å². The van der Waals surface area contributed by atoms with Gasteiger partial charge in [0.15, 0.2) is 0 Å². The van der Waals surface area contributed by atoms with Gasteiger partial charge in [0.1, 0.15) is 17.7 Å². The summed E-state index contributed by atoms with van der Waals surface area (Å²) in [6, 6.07) is 15.4. The van der Waals surface area contributed by atoms with Crippen molar-refractivity contribution < 1.29 is 9.53 Å². The van der Waals surface area contributed by atoms with Crippen LogP contribution < -0.4 is 15.4 Å². The van der Waals surface area contributed by atoms with E-state index in [0.29, 0.717) is 11.4 Å². The van der Waals surface area contributed by atoms with E-state index < -0.39 is 0 Å². The molecular formula is C25H25N5O2. The molecule has 1 saturated heterocycles. The molecule has 1 fully saturated rings. The van der Waals surface area contributed by atoms with Gasteiger partial charge in [-0.3, -0.25) is 4.79 Å². The molecule has 1 aliphatic heterocycles. The van der Waals surface area contributed by atoms with Crippen molar-refractivity contribution in [2.45, 2.75) is 18.9 Å². The van der Waals surface area contributed by atoms with Crippen molar-refractivity contribution in [1.82, 2.24) is 19.9 Å². The van der Waals surface area contributed by atoms with Crippen LogP contribution in [0.4, 0.5) is 5.82 Å². The molecule has 7 nitrogen and oxygen atoms in total. The quantitative estimate of drug-likeness (QED) is 0.503. The number of benzene rings is 2. The number of amides is 1. The van der Waals surface area contributed by atoms with E-state index in [1.165, 1.54) is 0 Å². The summed E-state index contributed by atoms with van der Waals surface area (Å²) in [5.41, 5.74) is 2.63. The van der Waals surface area contributed by atoms with Crippen molar-refractivity contribution in [3.63, 3.8) is 0 Å². The summed E-state index contributed by atoms with van der Waals surface area (Å²) in [5, 5.41) is 8.25. The molecule has 4 aromatic rings. The minimum Gasteiger partial charge on any atom is -0.490 e. The molecule has 0 bridgehead atoms. The molecule has 0 radical (unpaired) electrons. The van der Waals surface area contributed by atoms with Crippen molar-refractivity contribution >= 4 is 22.5 Å². The molecule has 5 rings (SSSR count). The third kappa shape index (κ3) is 4.33. The van der Waals surface area contributed by atoms with Gasteiger partial charge in [-0.1, -0.05) is 18.2 Å². The lowest BCUT2D eigenvalue weighted by molar-refractivity contribution is 0.102. The first-order valence-electron chi connectivity index (χ1n) is 10.8. The molecule has 7 heteroatoms. The summed E-state index contributed by atoms with van der Waals surface area (Å²) >= 11 is 0. The Morgan fingerprint density at radius 2 is 1.97 bits per heavy atom. The highest BCUT2D eigenvalue weighted by molar-refractivity contribution is 6.04. The number of ether oxygens (including phenoxy) is 1. The molecule has 3 heterocycles. The van der Waals surface area contributed by atoms with Gasteiger partial charge in [-0.2, -0.15) is 0 Å². The third-order valence-electron chi connectivity index (χ3n) is 5.76. The Hall–Kier alpha value is -3.71. The average molecular weight is 428 g/mol. The highest BCUT2D eigenvalue weighted by Gasteiger charge is 2.15. The Labute approximate surface area is 186 Å². The number of anilines is 1. The van der Waals surface area contributed by atoms with Crippen LogP contribution >= 0.6 is 0 Å². The van der Waals surface area contributed by atoms with E-state index in [2.05, 4.69) is 26.7 Å². The van der Waals surface area contributed by atoms with Gasteiger partial charge in [-0.15, -0.1) is 0 Å². The highest BCUT2D eigenvalue weighted by Crippen LogP contribution is 2.25. The molecule has 162 valence electrons. The zero-order chi connectivity index (χ0) is 21.9. The monoisotopic (exact) mass is 427 g/mol. The average Bonchev–Trinajstić information content (AvgIpc) is 3.25. The number of hydrogen-bond donors (Lipinski definition) is 2. The summed E-state index contributed by atoms with van der Waals surface area (Å²) in [7, 11) is 1.97. The molecule has 2 aromatic heterocycles. The zero-order valence-corrected chi connectivity index (χ0v) is 17.9. The first-order valence-corrected chi connectivity index (χ1v) is 10.8. The van der Waals surface area contributed by atoms with Crippen molar-refractivity contribution in [2.75, 3.05) is 18.4 Å². The van der Waals surface area contributed by atoms with Crippen LogP contribution in [0.5, 0.6) is 5.75 Å². The molecule has 2 N–H and O–H groups in total. The first kappa shape index (κ1) is 20.2. The maximum absolute atomic E-state index is 12.9. The van der Waals surface area contributed by atoms with Crippen LogP contribution in [0.2, 0.25) is 0 Å². The highest BCUT2D eigenvalue weighted by atomic mass is 16.5. The predicted octanol–water partition coefficient (Wildman–Crippen LogP) is 4.02. The van der Waals surface area contributed by atoms with Crippen molar-refractivity contribution in [2.24, 2.45) is 7.05 Å². The Bertz CT molecular complexity index is 1260. The molecule has 0 saturated carbocycles. The van der Waals surface area contributed by atoms with Crippen LogP contribution in [0.1, 0.15) is 23.2 Å². The zero-order valence-electron chi connectivity index (χ0n) is 17.9. The fourth-order valence-corrected chi connectivity index (χ4v) is 4.01. The van der Waals surface area contributed by atoms with Gasteiger partial charge in [0.05, 0.1) is 18.2 Å². The SMILES string of the molecule is Cn1cncc1-c1ccc2cnc(NC(=O)c3cccc(OC4CCNCC4)c3)cc2c1. The van der Waals surface area contributed by atoms with Crippen LogP contribution in [0, 0.1) is 0 Å². The summed E-state index contributed by atoms with van der Waals surface area (Å²) in [6.07, 6.45) is 7.51. The minimum atomic E-state index is -0.213. The van der Waals surface area contributed by atoms with E-state index in [1.807, 2.05) is 48.1 Å². The largest absolute Gasteiger partial charge is 0.490 e. The van der Waals surface area contributed by atoms with Gasteiger partial charge in [0, 0.05) is 29.8 Å². The normalized spacial score (nSPS) is 14.4. The fourth-order valence-electron chi connectivity index (χ4n) is 4.01. The molecule has 2 aromatic carbocycles. The molecule has 0 unspecified atom stereocenters. The van der Waals surface area contributed by atoms with Crippen molar-refractivity contribution in [3.05, 3.63) is 72.8 Å². The maximum Gasteiger partial charge on any atom is 0.256 e. The second kappa shape index (κ2) is 8.80. The van der Waals surface area contributed by atoms with Crippen LogP contribution in [-0.2, 0) is 7.05 Å². The molecule has 0 spiro atoms. The Morgan fingerprint density at radius 3 is 2.78 bits per heavy atom. The molecule has 32 heavy (non-hydrogen) atoms. The summed E-state index contributed by atoms with van der Waals surface area (Å²) in [6.45, 7) is 1.92. The number of fused-ring (bicyclic) bond motifs is 1. The van der Waals surface area contributed by atoms with Crippen LogP contribution in [0.15, 0.2) is 67.3 Å². The summed E-state index contributed by atoms with van der Waals surface area (Å²) in [4.78, 5) is 21.5. The Kier molecular flexibility index (Phi) is 5.56. The number of piperidine rings is 1. The van der Waals surface area contributed by atoms with Crippen LogP contribution in [-0.4, -0.2) is 39.6 Å². The van der Waals surface area contributed by atoms with Gasteiger partial charge >= 0.3 is 0 Å². The number of rotatable bonds is 5. The second-order valence-electron chi connectivity index (χ2n) is 8.07. The van der Waals surface area contributed by atoms with E-state index in [9.17, 15) is 4.79 Å². The lowest BCUT2D eigenvalue weighted by atomic mass is 10.1. The third-order valence-corrected chi connectivity index (χ3v) is 5.76. The number of carbonyl (C=O) groups excluding carboxylic acids is 1. The molecule has 1 amide bonds. The van der Waals surface area contributed by atoms with Gasteiger partial charge in [-0.05, 0) is 61.6 Å². The number of imidazole rings is 1. The van der Waals surface area contributed by atoms with E-state index in [0.717, 1.165) is 53.7 Å². The van der Waals surface area contributed by atoms with Crippen LogP contribution in [0.25, 0.3) is 22.0 Å². The molecular weight excluding hydrogens is 402 g/mol. The van der Waals surface area contributed by atoms with Crippen molar-refractivity contribution in [3.8, 4) is 17.0 Å². The number of pyridine rings is 1. The Balaban J connectivity index is 1.34. The number of nitrogens with one attached hydrogen (secondary N) is 2. The standard InChI is InChI=1S/C25H25N5O2/c1-30-16-27-15-23(30)17-5-6-19-14-28-24(13-20(19)11-17)29-25(31)18-3-2-4-22(12-18)32-21-7-9-26-10-8-21/h2-6,11-16,21,26H,7-10H2,1H3,(H,28,29,31). The smallest absolute Gasteiger partial charge is 0.256 e. The topological polar surface area (TPSA) is 81.1 Å². The van der Waals surface area contributed by atoms with Crippen molar-refractivity contribution in [1.29, 1.82) is 0 Å². The predicted molar refractivity (Wildman–Crippen MR) is 125 cm³/mol. The number of carbonyl (C=O) groups is 1. The number of aryl methyl sites for hydroxylation is 1. The number of aromatic nitrogens is 3. The van der Waals surface area contributed by atoms with Gasteiger partial charge in [0.2, 0.25) is 0 Å². The lowest BCUT2D eigenvalue weighted by Crippen LogP contribution is -2.34. The van der Waals surface area contributed by atoms with Gasteiger partial charge < -0.3 is 19.9 Å². The number of hydrogen-bond acceptors (Lipinski definition) is 5. The van der Waals surface area contributed by atoms with Gasteiger partial charge in [-0.25, -0.2) is 9.97 Å². The first-order chi connectivity index (χ1) is 15.7. The Morgan fingerprint density at radius 1 is 1.09 bits per heavy atom. The maximum atomic E-state index is 12.9. The second-order valence-corrected chi connectivity index (χ2v) is 8.07. The van der Waals surface area contributed by atoms with E-state index in [-0.39, 0.29) is 12.0 Å². The lowest BCUT2D eigenvalue weighted by Gasteiger charge is -2.24. The molecule has 0 atom stereocenters. The van der Waals surface area contributed by atoms with E-state index in [1.54, 1.807) is 24.7 Å². The summed E-state index contributed by atoms with van der Waals surface area (Å²) in [5.74, 6) is 1.02. The summed E-state index contributed by atoms with van der Waals surface area (Å²) < 4.78 is 8.05. The minimum absolute atomic E-state index is 0.185. The van der Waals surface area contributed by atoms with Crippen LogP contribution in [0.3, 0.4) is 0 Å². The molecule has 1 aliphatic rings. The van der Waals surface area contributed by atoms with E-state index >= 15 is 0 Å². The fraction of sp³-hybridized carbons (Fsp3) is 0.240. The van der Waals surface area contributed by atoms with Gasteiger partial charge in [0.25, 0.3) is 5.91 Å². The number of nitrogens with zero attached hydrogens (tertiary/aromatic N) is 3.